The van der Waals surface area contributed by atoms with Crippen molar-refractivity contribution in [1.82, 2.24) is 0 Å². The zero-order valence-corrected chi connectivity index (χ0v) is 18.6. The Morgan fingerprint density at radius 3 is 1.36 bits per heavy atom. The molecule has 1 heterocycles. The molecule has 1 aromatic heterocycles. The van der Waals surface area contributed by atoms with E-state index in [9.17, 15) is 4.79 Å². The Kier molecular flexibility index (Phi) is 5.57. The molecule has 4 nitrogen and oxygen atoms in total. The molecule has 0 saturated heterocycles. The molecular weight excluding hydrogens is 412 g/mol. The first-order chi connectivity index (χ1) is 16.1. The monoisotopic (exact) mass is 436 g/mol. The molecule has 5 aromatic rings. The van der Waals surface area contributed by atoms with E-state index in [1.807, 2.05) is 84.9 Å². The number of methoxy groups -OCH3 is 2. The SMILES string of the molecule is COc1ccc(Cc2ccc3oc4ccc(Cc5ccc(OC)cc5)cc4c(=O)c3c2)cc1. The molecule has 0 aliphatic carbocycles. The van der Waals surface area contributed by atoms with Crippen LogP contribution in [0.4, 0.5) is 0 Å². The second-order valence-electron chi connectivity index (χ2n) is 8.14. The lowest BCUT2D eigenvalue weighted by atomic mass is 10.0. The molecule has 0 radical (unpaired) electrons. The van der Waals surface area contributed by atoms with Gasteiger partial charge in [-0.1, -0.05) is 36.4 Å². The van der Waals surface area contributed by atoms with Crippen LogP contribution in [-0.4, -0.2) is 14.2 Å². The Hall–Kier alpha value is -4.05. The lowest BCUT2D eigenvalue weighted by molar-refractivity contribution is 0.414. The number of fused-ring (bicyclic) bond motifs is 2. The van der Waals surface area contributed by atoms with Crippen molar-refractivity contribution in [2.45, 2.75) is 12.8 Å². The molecule has 0 fully saturated rings. The van der Waals surface area contributed by atoms with Gasteiger partial charge in [-0.05, 0) is 83.6 Å². The van der Waals surface area contributed by atoms with Crippen molar-refractivity contribution in [3.05, 3.63) is 117 Å². The van der Waals surface area contributed by atoms with Gasteiger partial charge in [0.1, 0.15) is 22.7 Å². The van der Waals surface area contributed by atoms with Crippen molar-refractivity contribution in [3.8, 4) is 11.5 Å². The fourth-order valence-corrected chi connectivity index (χ4v) is 4.13. The van der Waals surface area contributed by atoms with E-state index in [-0.39, 0.29) is 5.43 Å². The fraction of sp³-hybridized carbons (Fsp3) is 0.138. The van der Waals surface area contributed by atoms with Crippen molar-refractivity contribution in [2.75, 3.05) is 14.2 Å². The van der Waals surface area contributed by atoms with Crippen LogP contribution in [0.1, 0.15) is 22.3 Å². The first-order valence-electron chi connectivity index (χ1n) is 10.9. The van der Waals surface area contributed by atoms with Gasteiger partial charge < -0.3 is 13.9 Å². The summed E-state index contributed by atoms with van der Waals surface area (Å²) in [5, 5.41) is 1.21. The van der Waals surface area contributed by atoms with Gasteiger partial charge in [-0.2, -0.15) is 0 Å². The summed E-state index contributed by atoms with van der Waals surface area (Å²) in [6.45, 7) is 0. The number of hydrogen-bond donors (Lipinski definition) is 0. The van der Waals surface area contributed by atoms with E-state index in [1.165, 1.54) is 0 Å². The van der Waals surface area contributed by atoms with Crippen molar-refractivity contribution < 1.29 is 13.9 Å². The summed E-state index contributed by atoms with van der Waals surface area (Å²) in [5.41, 5.74) is 5.65. The first-order valence-corrected chi connectivity index (χ1v) is 10.9. The molecule has 164 valence electrons. The summed E-state index contributed by atoms with van der Waals surface area (Å²) in [7, 11) is 3.31. The smallest absolute Gasteiger partial charge is 0.200 e. The number of rotatable bonds is 6. The number of benzene rings is 4. The maximum Gasteiger partial charge on any atom is 0.200 e. The van der Waals surface area contributed by atoms with Gasteiger partial charge in [-0.25, -0.2) is 0 Å². The zero-order valence-electron chi connectivity index (χ0n) is 18.6. The molecule has 0 bridgehead atoms. The van der Waals surface area contributed by atoms with Gasteiger partial charge >= 0.3 is 0 Å². The van der Waals surface area contributed by atoms with Crippen LogP contribution in [-0.2, 0) is 12.8 Å². The van der Waals surface area contributed by atoms with Crippen LogP contribution in [0.3, 0.4) is 0 Å². The lowest BCUT2D eigenvalue weighted by Gasteiger charge is -2.08. The second kappa shape index (κ2) is 8.83. The highest BCUT2D eigenvalue weighted by Gasteiger charge is 2.10. The molecule has 0 saturated carbocycles. The molecule has 0 atom stereocenters. The van der Waals surface area contributed by atoms with E-state index < -0.39 is 0 Å². The molecule has 0 aliphatic rings. The molecule has 5 rings (SSSR count). The van der Waals surface area contributed by atoms with E-state index in [4.69, 9.17) is 13.9 Å². The highest BCUT2D eigenvalue weighted by molar-refractivity contribution is 5.90. The van der Waals surface area contributed by atoms with Crippen LogP contribution in [0.5, 0.6) is 11.5 Å². The summed E-state index contributed by atoms with van der Waals surface area (Å²) >= 11 is 0. The third kappa shape index (κ3) is 4.33. The van der Waals surface area contributed by atoms with E-state index in [0.717, 1.165) is 46.6 Å². The third-order valence-corrected chi connectivity index (χ3v) is 5.93. The van der Waals surface area contributed by atoms with Crippen molar-refractivity contribution in [3.63, 3.8) is 0 Å². The van der Waals surface area contributed by atoms with E-state index in [2.05, 4.69) is 0 Å². The molecule has 0 amide bonds. The molecular formula is C29H24O4. The van der Waals surface area contributed by atoms with Gasteiger partial charge in [0.2, 0.25) is 5.43 Å². The molecule has 4 heteroatoms. The van der Waals surface area contributed by atoms with Crippen LogP contribution in [0.15, 0.2) is 94.1 Å². The van der Waals surface area contributed by atoms with Gasteiger partial charge in [0.15, 0.2) is 0 Å². The highest BCUT2D eigenvalue weighted by atomic mass is 16.5. The second-order valence-corrected chi connectivity index (χ2v) is 8.14. The van der Waals surface area contributed by atoms with Crippen molar-refractivity contribution in [1.29, 1.82) is 0 Å². The van der Waals surface area contributed by atoms with Crippen LogP contribution < -0.4 is 14.9 Å². The van der Waals surface area contributed by atoms with E-state index in [0.29, 0.717) is 21.9 Å². The molecule has 0 N–H and O–H groups in total. The van der Waals surface area contributed by atoms with Crippen molar-refractivity contribution >= 4 is 21.9 Å². The summed E-state index contributed by atoms with van der Waals surface area (Å²) in [6, 6.07) is 27.6. The van der Waals surface area contributed by atoms with Crippen molar-refractivity contribution in [2.24, 2.45) is 0 Å². The molecule has 0 unspecified atom stereocenters. The average Bonchev–Trinajstić information content (AvgIpc) is 2.86. The largest absolute Gasteiger partial charge is 0.497 e. The Bertz CT molecular complexity index is 1370. The lowest BCUT2D eigenvalue weighted by Crippen LogP contribution is -2.04. The standard InChI is InChI=1S/C29H24O4/c1-31-23-9-3-19(4-10-23)15-21-7-13-27-25(17-21)29(30)26-18-22(8-14-28(26)33-27)16-20-5-11-24(32-2)12-6-20/h3-14,17-18H,15-16H2,1-2H3. The predicted octanol–water partition coefficient (Wildman–Crippen LogP) is 6.15. The minimum absolute atomic E-state index is 0.000545. The van der Waals surface area contributed by atoms with Gasteiger partial charge in [-0.3, -0.25) is 4.79 Å². The summed E-state index contributed by atoms with van der Waals surface area (Å²) in [5.74, 6) is 1.66. The Labute approximate surface area is 192 Å². The van der Waals surface area contributed by atoms with Crippen LogP contribution in [0, 0.1) is 0 Å². The Morgan fingerprint density at radius 1 is 0.576 bits per heavy atom. The third-order valence-electron chi connectivity index (χ3n) is 5.93. The minimum atomic E-state index is -0.000545. The molecule has 4 aromatic carbocycles. The summed E-state index contributed by atoms with van der Waals surface area (Å²) < 4.78 is 16.5. The molecule has 0 aliphatic heterocycles. The average molecular weight is 437 g/mol. The number of ether oxygens (including phenoxy) is 2. The Balaban J connectivity index is 1.48. The molecule has 33 heavy (non-hydrogen) atoms. The number of hydrogen-bond acceptors (Lipinski definition) is 4. The topological polar surface area (TPSA) is 48.7 Å². The zero-order chi connectivity index (χ0) is 22.8. The van der Waals surface area contributed by atoms with Crippen LogP contribution in [0.25, 0.3) is 21.9 Å². The fourth-order valence-electron chi connectivity index (χ4n) is 4.13. The maximum absolute atomic E-state index is 13.4. The predicted molar refractivity (Wildman–Crippen MR) is 132 cm³/mol. The summed E-state index contributed by atoms with van der Waals surface area (Å²) in [6.07, 6.45) is 1.46. The quantitative estimate of drug-likeness (QED) is 0.300. The normalized spacial score (nSPS) is 11.1. The van der Waals surface area contributed by atoms with Crippen LogP contribution in [0.2, 0.25) is 0 Å². The Morgan fingerprint density at radius 2 is 0.970 bits per heavy atom. The van der Waals surface area contributed by atoms with E-state index >= 15 is 0 Å². The van der Waals surface area contributed by atoms with Gasteiger partial charge in [0.05, 0.1) is 25.0 Å². The minimum Gasteiger partial charge on any atom is -0.497 e. The van der Waals surface area contributed by atoms with E-state index in [1.54, 1.807) is 14.2 Å². The first kappa shape index (κ1) is 20.8. The van der Waals surface area contributed by atoms with Gasteiger partial charge in [0, 0.05) is 0 Å². The van der Waals surface area contributed by atoms with Gasteiger partial charge in [-0.15, -0.1) is 0 Å². The highest BCUT2D eigenvalue weighted by Crippen LogP contribution is 2.24. The molecule has 0 spiro atoms. The maximum atomic E-state index is 13.4. The summed E-state index contributed by atoms with van der Waals surface area (Å²) in [4.78, 5) is 13.4. The van der Waals surface area contributed by atoms with Gasteiger partial charge in [0.25, 0.3) is 0 Å². The van der Waals surface area contributed by atoms with Crippen LogP contribution >= 0.6 is 0 Å².